The van der Waals surface area contributed by atoms with Gasteiger partial charge in [0.05, 0.1) is 0 Å². The van der Waals surface area contributed by atoms with Gasteiger partial charge in [-0.1, -0.05) is 39.0 Å². The van der Waals surface area contributed by atoms with Gasteiger partial charge in [0, 0.05) is 12.6 Å². The molecule has 0 amide bonds. The maximum absolute atomic E-state index is 5.96. The number of aromatic nitrogens is 3. The first-order valence-corrected chi connectivity index (χ1v) is 8.07. The molecule has 112 valence electrons. The highest BCUT2D eigenvalue weighted by Gasteiger charge is 2.13. The molecule has 1 aliphatic carbocycles. The van der Waals surface area contributed by atoms with Crippen LogP contribution in [0.4, 0.5) is 11.9 Å². The summed E-state index contributed by atoms with van der Waals surface area (Å²) >= 11 is 5.96. The van der Waals surface area contributed by atoms with Gasteiger partial charge in [0.1, 0.15) is 0 Å². The van der Waals surface area contributed by atoms with Crippen molar-refractivity contribution in [2.45, 2.75) is 64.3 Å². The van der Waals surface area contributed by atoms with E-state index in [1.54, 1.807) is 0 Å². The standard InChI is InChI=1S/C14H24ClN5/c1-2-10-16-13-18-12(15)19-14(20-13)17-11-8-6-4-3-5-7-9-11/h11H,2-10H2,1H3,(H2,16,17,18,19,20). The Kier molecular flexibility index (Phi) is 6.30. The fraction of sp³-hybridized carbons (Fsp3) is 0.786. The summed E-state index contributed by atoms with van der Waals surface area (Å²) in [6.07, 6.45) is 9.97. The fourth-order valence-electron chi connectivity index (χ4n) is 2.51. The van der Waals surface area contributed by atoms with Crippen molar-refractivity contribution >= 4 is 23.5 Å². The van der Waals surface area contributed by atoms with Gasteiger partial charge >= 0.3 is 0 Å². The molecule has 1 fully saturated rings. The van der Waals surface area contributed by atoms with Crippen LogP contribution in [0.15, 0.2) is 0 Å². The van der Waals surface area contributed by atoms with Crippen LogP contribution >= 0.6 is 11.6 Å². The average molecular weight is 298 g/mol. The van der Waals surface area contributed by atoms with Crippen LogP contribution in [0.5, 0.6) is 0 Å². The van der Waals surface area contributed by atoms with Gasteiger partial charge in [0.25, 0.3) is 0 Å². The number of rotatable bonds is 5. The Bertz CT molecular complexity index is 405. The van der Waals surface area contributed by atoms with E-state index in [0.717, 1.165) is 13.0 Å². The lowest BCUT2D eigenvalue weighted by Gasteiger charge is -2.21. The molecule has 0 radical (unpaired) electrons. The molecule has 1 aromatic heterocycles. The zero-order valence-electron chi connectivity index (χ0n) is 12.2. The minimum Gasteiger partial charge on any atom is -0.354 e. The first-order valence-electron chi connectivity index (χ1n) is 7.70. The molecule has 2 rings (SSSR count). The molecule has 6 heteroatoms. The third kappa shape index (κ3) is 5.12. The Balaban J connectivity index is 1.97. The van der Waals surface area contributed by atoms with Gasteiger partial charge in [-0.25, -0.2) is 0 Å². The Morgan fingerprint density at radius 2 is 1.65 bits per heavy atom. The van der Waals surface area contributed by atoms with Crippen LogP contribution in [-0.2, 0) is 0 Å². The van der Waals surface area contributed by atoms with Gasteiger partial charge in [-0.15, -0.1) is 0 Å². The summed E-state index contributed by atoms with van der Waals surface area (Å²) in [7, 11) is 0. The summed E-state index contributed by atoms with van der Waals surface area (Å²) in [5.41, 5.74) is 0. The van der Waals surface area contributed by atoms with E-state index < -0.39 is 0 Å². The molecule has 0 aromatic carbocycles. The number of hydrogen-bond donors (Lipinski definition) is 2. The van der Waals surface area contributed by atoms with Gasteiger partial charge in [0.2, 0.25) is 17.2 Å². The van der Waals surface area contributed by atoms with Crippen molar-refractivity contribution in [3.63, 3.8) is 0 Å². The third-order valence-corrected chi connectivity index (χ3v) is 3.75. The van der Waals surface area contributed by atoms with E-state index in [1.807, 2.05) is 0 Å². The molecule has 1 aliphatic rings. The predicted octanol–water partition coefficient (Wildman–Crippen LogP) is 3.87. The zero-order chi connectivity index (χ0) is 14.2. The fourth-order valence-corrected chi connectivity index (χ4v) is 2.67. The molecular formula is C14H24ClN5. The Labute approximate surface area is 126 Å². The minimum atomic E-state index is 0.243. The second-order valence-corrected chi connectivity index (χ2v) is 5.70. The van der Waals surface area contributed by atoms with E-state index in [2.05, 4.69) is 32.5 Å². The van der Waals surface area contributed by atoms with E-state index >= 15 is 0 Å². The van der Waals surface area contributed by atoms with E-state index in [-0.39, 0.29) is 5.28 Å². The minimum absolute atomic E-state index is 0.243. The highest BCUT2D eigenvalue weighted by Crippen LogP contribution is 2.20. The van der Waals surface area contributed by atoms with Crippen LogP contribution in [0, 0.1) is 0 Å². The maximum atomic E-state index is 5.96. The summed E-state index contributed by atoms with van der Waals surface area (Å²) in [6, 6.07) is 0.452. The molecule has 0 atom stereocenters. The summed E-state index contributed by atoms with van der Waals surface area (Å²) in [5, 5.41) is 6.81. The number of halogens is 1. The molecule has 5 nitrogen and oxygen atoms in total. The number of nitrogens with zero attached hydrogens (tertiary/aromatic N) is 3. The van der Waals surface area contributed by atoms with Gasteiger partial charge in [-0.05, 0) is 30.9 Å². The SMILES string of the molecule is CCCNc1nc(Cl)nc(NC2CCCCCCC2)n1. The van der Waals surface area contributed by atoms with Gasteiger partial charge in [0.15, 0.2) is 0 Å². The smallest absolute Gasteiger partial charge is 0.229 e. The third-order valence-electron chi connectivity index (χ3n) is 3.58. The summed E-state index contributed by atoms with van der Waals surface area (Å²) in [4.78, 5) is 12.7. The number of anilines is 2. The van der Waals surface area contributed by atoms with Crippen LogP contribution in [0.2, 0.25) is 5.28 Å². The molecule has 1 heterocycles. The molecule has 1 aromatic rings. The first-order chi connectivity index (χ1) is 9.78. The lowest BCUT2D eigenvalue weighted by molar-refractivity contribution is 0.470. The van der Waals surface area contributed by atoms with Gasteiger partial charge in [-0.3, -0.25) is 0 Å². The highest BCUT2D eigenvalue weighted by atomic mass is 35.5. The molecule has 20 heavy (non-hydrogen) atoms. The monoisotopic (exact) mass is 297 g/mol. The Morgan fingerprint density at radius 3 is 2.35 bits per heavy atom. The zero-order valence-corrected chi connectivity index (χ0v) is 12.9. The topological polar surface area (TPSA) is 62.7 Å². The normalized spacial score (nSPS) is 17.3. The number of nitrogens with one attached hydrogen (secondary N) is 2. The number of hydrogen-bond acceptors (Lipinski definition) is 5. The largest absolute Gasteiger partial charge is 0.354 e. The predicted molar refractivity (Wildman–Crippen MR) is 83.3 cm³/mol. The van der Waals surface area contributed by atoms with Crippen LogP contribution in [0.3, 0.4) is 0 Å². The average Bonchev–Trinajstić information content (AvgIpc) is 2.39. The molecule has 1 saturated carbocycles. The Morgan fingerprint density at radius 1 is 1.00 bits per heavy atom. The van der Waals surface area contributed by atoms with Crippen LogP contribution in [-0.4, -0.2) is 27.5 Å². The lowest BCUT2D eigenvalue weighted by Crippen LogP contribution is -2.22. The Hall–Kier alpha value is -1.10. The first kappa shape index (κ1) is 15.3. The molecule has 0 bridgehead atoms. The summed E-state index contributed by atoms with van der Waals surface area (Å²) in [6.45, 7) is 2.94. The highest BCUT2D eigenvalue weighted by molar-refractivity contribution is 6.28. The van der Waals surface area contributed by atoms with Crippen molar-refractivity contribution in [3.8, 4) is 0 Å². The molecule has 0 spiro atoms. The van der Waals surface area contributed by atoms with Crippen LogP contribution < -0.4 is 10.6 Å². The molecule has 2 N–H and O–H groups in total. The quantitative estimate of drug-likeness (QED) is 0.864. The van der Waals surface area contributed by atoms with E-state index in [0.29, 0.717) is 17.9 Å². The lowest BCUT2D eigenvalue weighted by atomic mass is 9.97. The summed E-state index contributed by atoms with van der Waals surface area (Å²) in [5.74, 6) is 1.15. The van der Waals surface area contributed by atoms with Crippen LogP contribution in [0.25, 0.3) is 0 Å². The van der Waals surface area contributed by atoms with Crippen molar-refractivity contribution in [2.24, 2.45) is 0 Å². The maximum Gasteiger partial charge on any atom is 0.229 e. The van der Waals surface area contributed by atoms with E-state index in [4.69, 9.17) is 11.6 Å². The van der Waals surface area contributed by atoms with Crippen molar-refractivity contribution in [1.29, 1.82) is 0 Å². The summed E-state index contributed by atoms with van der Waals surface area (Å²) < 4.78 is 0. The van der Waals surface area contributed by atoms with Gasteiger partial charge in [-0.2, -0.15) is 15.0 Å². The van der Waals surface area contributed by atoms with Gasteiger partial charge < -0.3 is 10.6 Å². The van der Waals surface area contributed by atoms with Crippen molar-refractivity contribution < 1.29 is 0 Å². The van der Waals surface area contributed by atoms with Crippen molar-refractivity contribution in [2.75, 3.05) is 17.2 Å². The van der Waals surface area contributed by atoms with Crippen molar-refractivity contribution in [1.82, 2.24) is 15.0 Å². The molecule has 0 aliphatic heterocycles. The molecular weight excluding hydrogens is 274 g/mol. The van der Waals surface area contributed by atoms with Crippen molar-refractivity contribution in [3.05, 3.63) is 5.28 Å². The molecule has 0 saturated heterocycles. The second kappa shape index (κ2) is 8.25. The van der Waals surface area contributed by atoms with E-state index in [9.17, 15) is 0 Å². The van der Waals surface area contributed by atoms with Crippen LogP contribution in [0.1, 0.15) is 58.3 Å². The second-order valence-electron chi connectivity index (χ2n) is 5.36. The van der Waals surface area contributed by atoms with E-state index in [1.165, 1.54) is 44.9 Å². The molecule has 0 unspecified atom stereocenters.